The molecule has 0 saturated carbocycles. The second-order valence-corrected chi connectivity index (χ2v) is 8.58. The molecule has 2 N–H and O–H groups in total. The van der Waals surface area contributed by atoms with E-state index >= 15 is 0 Å². The van der Waals surface area contributed by atoms with Gasteiger partial charge in [-0.15, -0.1) is 0 Å². The number of benzene rings is 1. The van der Waals surface area contributed by atoms with Gasteiger partial charge in [0, 0.05) is 31.0 Å². The highest BCUT2D eigenvalue weighted by Gasteiger charge is 2.26. The van der Waals surface area contributed by atoms with Crippen LogP contribution in [0.4, 0.5) is 4.79 Å². The number of aliphatic hydroxyl groups is 1. The number of rotatable bonds is 6. The summed E-state index contributed by atoms with van der Waals surface area (Å²) >= 11 is 0. The van der Waals surface area contributed by atoms with E-state index in [9.17, 15) is 19.5 Å². The smallest absolute Gasteiger partial charge is 0.428 e. The minimum atomic E-state index is -0.646. The molecule has 0 aliphatic carbocycles. The van der Waals surface area contributed by atoms with Crippen molar-refractivity contribution < 1.29 is 24.2 Å². The maximum atomic E-state index is 12.5. The standard InChI is InChI=1S/C22H31N3O5/c1-15(20(28)25-11-9-18(26)10-12-25)13-19(27)17-7-5-16(6-8-17)14-23-24-21(29)30-22(2,3)4/h5-8,14-15,18,26H,9-13H2,1-4H3,(H,24,29). The number of carbonyl (C=O) groups excluding carboxylic acids is 3. The molecule has 2 rings (SSSR count). The molecule has 8 nitrogen and oxygen atoms in total. The van der Waals surface area contributed by atoms with Gasteiger partial charge in [0.2, 0.25) is 5.91 Å². The number of hydrogen-bond donors (Lipinski definition) is 2. The summed E-state index contributed by atoms with van der Waals surface area (Å²) in [7, 11) is 0. The first kappa shape index (κ1) is 23.5. The zero-order chi connectivity index (χ0) is 22.3. The Kier molecular flexibility index (Phi) is 8.11. The summed E-state index contributed by atoms with van der Waals surface area (Å²) in [5, 5.41) is 13.4. The molecule has 30 heavy (non-hydrogen) atoms. The Labute approximate surface area is 177 Å². The van der Waals surface area contributed by atoms with Crippen LogP contribution in [0.25, 0.3) is 0 Å². The maximum absolute atomic E-state index is 12.5. The molecule has 8 heteroatoms. The number of likely N-dealkylation sites (tertiary alicyclic amines) is 1. The highest BCUT2D eigenvalue weighted by molar-refractivity contribution is 5.99. The molecular weight excluding hydrogens is 386 g/mol. The minimum absolute atomic E-state index is 0.0489. The maximum Gasteiger partial charge on any atom is 0.428 e. The number of piperidine rings is 1. The van der Waals surface area contributed by atoms with Crippen molar-refractivity contribution in [2.24, 2.45) is 11.0 Å². The largest absolute Gasteiger partial charge is 0.443 e. The first-order valence-corrected chi connectivity index (χ1v) is 10.2. The Morgan fingerprint density at radius 3 is 2.40 bits per heavy atom. The molecule has 1 aliphatic heterocycles. The van der Waals surface area contributed by atoms with Crippen molar-refractivity contribution in [2.75, 3.05) is 13.1 Å². The van der Waals surface area contributed by atoms with E-state index in [1.54, 1.807) is 56.9 Å². The van der Waals surface area contributed by atoms with Crippen LogP contribution in [0.5, 0.6) is 0 Å². The molecule has 1 unspecified atom stereocenters. The van der Waals surface area contributed by atoms with Crippen molar-refractivity contribution in [3.8, 4) is 0 Å². The molecule has 1 fully saturated rings. The summed E-state index contributed by atoms with van der Waals surface area (Å²) in [6.07, 6.45) is 1.76. The van der Waals surface area contributed by atoms with E-state index in [0.29, 0.717) is 37.1 Å². The van der Waals surface area contributed by atoms with Gasteiger partial charge < -0.3 is 14.7 Å². The van der Waals surface area contributed by atoms with Gasteiger partial charge in [-0.3, -0.25) is 9.59 Å². The normalized spacial score (nSPS) is 16.4. The number of amides is 2. The van der Waals surface area contributed by atoms with Gasteiger partial charge in [0.1, 0.15) is 5.60 Å². The third-order valence-electron chi connectivity index (χ3n) is 4.69. The first-order chi connectivity index (χ1) is 14.0. The van der Waals surface area contributed by atoms with Crippen molar-refractivity contribution in [1.82, 2.24) is 10.3 Å². The van der Waals surface area contributed by atoms with E-state index in [4.69, 9.17) is 4.74 Å². The van der Waals surface area contributed by atoms with Crippen LogP contribution in [-0.4, -0.2) is 58.8 Å². The molecule has 0 radical (unpaired) electrons. The number of carbonyl (C=O) groups is 3. The summed E-state index contributed by atoms with van der Waals surface area (Å²) in [6, 6.07) is 6.77. The molecule has 2 amide bonds. The lowest BCUT2D eigenvalue weighted by Gasteiger charge is -2.31. The number of hydrogen-bond acceptors (Lipinski definition) is 6. The van der Waals surface area contributed by atoms with Crippen LogP contribution in [0, 0.1) is 5.92 Å². The van der Waals surface area contributed by atoms with Crippen LogP contribution < -0.4 is 5.43 Å². The van der Waals surface area contributed by atoms with E-state index in [1.165, 1.54) is 6.21 Å². The van der Waals surface area contributed by atoms with E-state index in [2.05, 4.69) is 10.5 Å². The Morgan fingerprint density at radius 1 is 1.23 bits per heavy atom. The average Bonchev–Trinajstić information content (AvgIpc) is 2.67. The van der Waals surface area contributed by atoms with Crippen molar-refractivity contribution >= 4 is 24.0 Å². The van der Waals surface area contributed by atoms with Crippen molar-refractivity contribution in [3.05, 3.63) is 35.4 Å². The van der Waals surface area contributed by atoms with Crippen molar-refractivity contribution in [1.29, 1.82) is 0 Å². The second-order valence-electron chi connectivity index (χ2n) is 8.58. The van der Waals surface area contributed by atoms with Crippen molar-refractivity contribution in [3.63, 3.8) is 0 Å². The highest BCUT2D eigenvalue weighted by atomic mass is 16.6. The number of hydrazone groups is 1. The molecule has 164 valence electrons. The summed E-state index contributed by atoms with van der Waals surface area (Å²) in [6.45, 7) is 8.11. The average molecular weight is 418 g/mol. The first-order valence-electron chi connectivity index (χ1n) is 10.2. The van der Waals surface area contributed by atoms with Crippen LogP contribution >= 0.6 is 0 Å². The third kappa shape index (κ3) is 7.59. The van der Waals surface area contributed by atoms with Crippen LogP contribution in [0.1, 0.15) is 62.9 Å². The Hall–Kier alpha value is -2.74. The lowest BCUT2D eigenvalue weighted by Crippen LogP contribution is -2.42. The fourth-order valence-corrected chi connectivity index (χ4v) is 3.10. The van der Waals surface area contributed by atoms with E-state index in [0.717, 1.165) is 0 Å². The monoisotopic (exact) mass is 417 g/mol. The van der Waals surface area contributed by atoms with Crippen LogP contribution in [0.3, 0.4) is 0 Å². The number of Topliss-reactive ketones (excluding diaryl/α,β-unsaturated/α-hetero) is 1. The molecular formula is C22H31N3O5. The van der Waals surface area contributed by atoms with Crippen LogP contribution in [-0.2, 0) is 9.53 Å². The predicted octanol–water partition coefficient (Wildman–Crippen LogP) is 2.74. The van der Waals surface area contributed by atoms with Gasteiger partial charge in [-0.25, -0.2) is 10.2 Å². The van der Waals surface area contributed by atoms with Crippen LogP contribution in [0.2, 0.25) is 0 Å². The van der Waals surface area contributed by atoms with Gasteiger partial charge in [-0.05, 0) is 39.2 Å². The van der Waals surface area contributed by atoms with Gasteiger partial charge in [-0.1, -0.05) is 31.2 Å². The Balaban J connectivity index is 1.85. The molecule has 1 atom stereocenters. The number of ether oxygens (including phenoxy) is 1. The van der Waals surface area contributed by atoms with Crippen molar-refractivity contribution in [2.45, 2.75) is 58.7 Å². The minimum Gasteiger partial charge on any atom is -0.443 e. The summed E-state index contributed by atoms with van der Waals surface area (Å²) in [5.41, 5.74) is 2.90. The zero-order valence-corrected chi connectivity index (χ0v) is 18.1. The van der Waals surface area contributed by atoms with E-state index in [-0.39, 0.29) is 24.2 Å². The zero-order valence-electron chi connectivity index (χ0n) is 18.1. The predicted molar refractivity (Wildman–Crippen MR) is 113 cm³/mol. The fourth-order valence-electron chi connectivity index (χ4n) is 3.10. The summed E-state index contributed by atoms with van der Waals surface area (Å²) < 4.78 is 5.08. The highest BCUT2D eigenvalue weighted by Crippen LogP contribution is 2.17. The van der Waals surface area contributed by atoms with Gasteiger partial charge in [-0.2, -0.15) is 5.10 Å². The topological polar surface area (TPSA) is 108 Å². The molecule has 0 aromatic heterocycles. The number of nitrogens with one attached hydrogen (secondary N) is 1. The van der Waals surface area contributed by atoms with E-state index in [1.807, 2.05) is 0 Å². The van der Waals surface area contributed by atoms with E-state index < -0.39 is 17.6 Å². The number of nitrogens with zero attached hydrogens (tertiary/aromatic N) is 2. The molecule has 0 bridgehead atoms. The number of aliphatic hydroxyl groups excluding tert-OH is 1. The SMILES string of the molecule is CC(CC(=O)c1ccc(C=NNC(=O)OC(C)(C)C)cc1)C(=O)N1CCC(O)CC1. The van der Waals surface area contributed by atoms with Gasteiger partial charge >= 0.3 is 6.09 Å². The Morgan fingerprint density at radius 2 is 1.83 bits per heavy atom. The molecule has 1 saturated heterocycles. The second kappa shape index (κ2) is 10.3. The number of ketones is 1. The summed E-state index contributed by atoms with van der Waals surface area (Å²) in [4.78, 5) is 38.3. The molecule has 1 aromatic carbocycles. The van der Waals surface area contributed by atoms with Crippen LogP contribution in [0.15, 0.2) is 29.4 Å². The Bertz CT molecular complexity index is 775. The molecule has 1 heterocycles. The fraction of sp³-hybridized carbons (Fsp3) is 0.545. The molecule has 1 aromatic rings. The van der Waals surface area contributed by atoms with Gasteiger partial charge in [0.25, 0.3) is 0 Å². The molecule has 0 spiro atoms. The lowest BCUT2D eigenvalue weighted by atomic mass is 9.97. The van der Waals surface area contributed by atoms with Gasteiger partial charge in [0.15, 0.2) is 5.78 Å². The third-order valence-corrected chi connectivity index (χ3v) is 4.69. The van der Waals surface area contributed by atoms with Gasteiger partial charge in [0.05, 0.1) is 12.3 Å². The quantitative estimate of drug-likeness (QED) is 0.420. The lowest BCUT2D eigenvalue weighted by molar-refractivity contribution is -0.136. The summed E-state index contributed by atoms with van der Waals surface area (Å²) in [5.74, 6) is -0.567. The molecule has 1 aliphatic rings.